The van der Waals surface area contributed by atoms with Gasteiger partial charge in [-0.25, -0.2) is 4.39 Å². The molecule has 5 heteroatoms. The number of fused-ring (bicyclic) bond motifs is 5. The molecule has 0 spiro atoms. The van der Waals surface area contributed by atoms with E-state index in [2.05, 4.69) is 0 Å². The van der Waals surface area contributed by atoms with E-state index < -0.39 is 22.7 Å². The van der Waals surface area contributed by atoms with Crippen LogP contribution in [-0.4, -0.2) is 22.5 Å². The lowest BCUT2D eigenvalue weighted by molar-refractivity contribution is -0.146. The fourth-order valence-corrected chi connectivity index (χ4v) is 7.44. The van der Waals surface area contributed by atoms with E-state index in [4.69, 9.17) is 0 Å². The van der Waals surface area contributed by atoms with Gasteiger partial charge in [0.2, 0.25) is 11.8 Å². The number of likely N-dealkylation sites (tertiary alicyclic amines) is 1. The maximum absolute atomic E-state index is 14.6. The van der Waals surface area contributed by atoms with Crippen LogP contribution in [-0.2, 0) is 20.9 Å². The van der Waals surface area contributed by atoms with Gasteiger partial charge in [0.15, 0.2) is 5.78 Å². The fourth-order valence-electron chi connectivity index (χ4n) is 7.44. The highest BCUT2D eigenvalue weighted by Gasteiger charge is 2.80. The number of nitrogens with zero attached hydrogens (tertiary/aromatic N) is 1. The van der Waals surface area contributed by atoms with Crippen LogP contribution in [0.25, 0.3) is 11.1 Å². The van der Waals surface area contributed by atoms with Crippen LogP contribution >= 0.6 is 0 Å². The summed E-state index contributed by atoms with van der Waals surface area (Å²) in [5, 5.41) is 0. The number of amides is 2. The van der Waals surface area contributed by atoms with Gasteiger partial charge in [0.25, 0.3) is 0 Å². The molecule has 0 radical (unpaired) electrons. The molecule has 1 aliphatic heterocycles. The number of rotatable bonds is 6. The van der Waals surface area contributed by atoms with Crippen LogP contribution in [0.3, 0.4) is 0 Å². The molecule has 186 valence electrons. The minimum atomic E-state index is -1.09. The van der Waals surface area contributed by atoms with E-state index >= 15 is 0 Å². The molecule has 2 aliphatic carbocycles. The van der Waals surface area contributed by atoms with Crippen LogP contribution < -0.4 is 0 Å². The predicted octanol–water partition coefficient (Wildman–Crippen LogP) is 5.93. The molecular formula is C32H28FNO3. The van der Waals surface area contributed by atoms with Gasteiger partial charge in [-0.05, 0) is 52.8 Å². The van der Waals surface area contributed by atoms with Gasteiger partial charge in [-0.15, -0.1) is 0 Å². The molecule has 2 fully saturated rings. The molecule has 4 atom stereocenters. The third-order valence-electron chi connectivity index (χ3n) is 8.91. The zero-order chi connectivity index (χ0) is 25.9. The van der Waals surface area contributed by atoms with Crippen molar-refractivity contribution in [1.82, 2.24) is 4.90 Å². The van der Waals surface area contributed by atoms with Gasteiger partial charge in [0.1, 0.15) is 5.82 Å². The first kappa shape index (κ1) is 23.5. The molecule has 2 bridgehead atoms. The summed E-state index contributed by atoms with van der Waals surface area (Å²) < 4.78 is 13.5. The van der Waals surface area contributed by atoms with Crippen molar-refractivity contribution in [3.63, 3.8) is 0 Å². The van der Waals surface area contributed by atoms with Crippen LogP contribution in [0.1, 0.15) is 43.4 Å². The number of allylic oxidation sites excluding steroid dienone is 2. The Bertz CT molecular complexity index is 1360. The van der Waals surface area contributed by atoms with E-state index in [1.54, 1.807) is 12.1 Å². The minimum Gasteiger partial charge on any atom is -0.298 e. The standard InChI is InChI=1S/C32H28FNO3/c1-3-31-24(21-11-7-5-8-12-21)25(22-13-9-6-10-14-22)32(4-2,30(31)37)27-26(31)28(35)34(29(27)36)19-20-15-17-23(33)18-16-20/h5-18,26-27H,3-4,19H2,1-2H3/t26-,27+,31-,32+. The highest BCUT2D eigenvalue weighted by Crippen LogP contribution is 2.75. The summed E-state index contributed by atoms with van der Waals surface area (Å²) in [6.07, 6.45) is 0.859. The van der Waals surface area contributed by atoms with E-state index in [0.717, 1.165) is 22.3 Å². The summed E-state index contributed by atoms with van der Waals surface area (Å²) in [4.78, 5) is 44.2. The van der Waals surface area contributed by atoms with Gasteiger partial charge in [0.05, 0.1) is 29.2 Å². The second kappa shape index (κ2) is 8.34. The fraction of sp³-hybridized carbons (Fsp3) is 0.281. The van der Waals surface area contributed by atoms with E-state index in [1.165, 1.54) is 17.0 Å². The predicted molar refractivity (Wildman–Crippen MR) is 139 cm³/mol. The molecule has 3 aliphatic rings. The summed E-state index contributed by atoms with van der Waals surface area (Å²) in [6.45, 7) is 3.98. The number of benzene rings is 3. The Kier molecular flexibility index (Phi) is 5.30. The number of ketones is 1. The number of carbonyl (C=O) groups excluding carboxylic acids is 3. The topological polar surface area (TPSA) is 54.5 Å². The molecule has 37 heavy (non-hydrogen) atoms. The second-order valence-electron chi connectivity index (χ2n) is 10.3. The normalized spacial score (nSPS) is 28.4. The smallest absolute Gasteiger partial charge is 0.234 e. The van der Waals surface area contributed by atoms with Gasteiger partial charge in [-0.3, -0.25) is 19.3 Å². The Morgan fingerprint density at radius 2 is 1.11 bits per heavy atom. The Labute approximate surface area is 215 Å². The monoisotopic (exact) mass is 493 g/mol. The zero-order valence-electron chi connectivity index (χ0n) is 20.9. The molecule has 1 heterocycles. The van der Waals surface area contributed by atoms with Gasteiger partial charge >= 0.3 is 0 Å². The lowest BCUT2D eigenvalue weighted by atomic mass is 9.60. The molecular weight excluding hydrogens is 465 g/mol. The van der Waals surface area contributed by atoms with Gasteiger partial charge in [-0.2, -0.15) is 0 Å². The molecule has 6 rings (SSSR count). The quantitative estimate of drug-likeness (QED) is 0.400. The Morgan fingerprint density at radius 1 is 0.676 bits per heavy atom. The van der Waals surface area contributed by atoms with Gasteiger partial charge in [0, 0.05) is 0 Å². The Balaban J connectivity index is 1.59. The van der Waals surface area contributed by atoms with Crippen molar-refractivity contribution in [2.45, 2.75) is 33.2 Å². The molecule has 0 unspecified atom stereocenters. The highest BCUT2D eigenvalue weighted by molar-refractivity contribution is 6.29. The van der Waals surface area contributed by atoms with E-state index in [-0.39, 0.29) is 30.0 Å². The maximum Gasteiger partial charge on any atom is 0.234 e. The minimum absolute atomic E-state index is 0.000776. The van der Waals surface area contributed by atoms with Crippen molar-refractivity contribution < 1.29 is 18.8 Å². The molecule has 2 amide bonds. The third-order valence-corrected chi connectivity index (χ3v) is 8.91. The molecule has 3 aromatic carbocycles. The molecule has 1 saturated carbocycles. The summed E-state index contributed by atoms with van der Waals surface area (Å²) in [6, 6.07) is 25.5. The number of Topliss-reactive ketones (excluding diaryl/α,β-unsaturated/α-hetero) is 1. The van der Waals surface area contributed by atoms with Crippen molar-refractivity contribution in [2.75, 3.05) is 0 Å². The van der Waals surface area contributed by atoms with Crippen LogP contribution in [0.15, 0.2) is 84.9 Å². The van der Waals surface area contributed by atoms with E-state index in [0.29, 0.717) is 18.4 Å². The summed E-state index contributed by atoms with van der Waals surface area (Å²) >= 11 is 0. The third kappa shape index (κ3) is 2.91. The van der Waals surface area contributed by atoms with E-state index in [1.807, 2.05) is 74.5 Å². The number of imide groups is 1. The van der Waals surface area contributed by atoms with Gasteiger partial charge in [-0.1, -0.05) is 86.6 Å². The Morgan fingerprint density at radius 3 is 1.51 bits per heavy atom. The first-order valence-corrected chi connectivity index (χ1v) is 12.9. The molecule has 4 nitrogen and oxygen atoms in total. The average Bonchev–Trinajstić information content (AvgIpc) is 3.42. The van der Waals surface area contributed by atoms with Crippen LogP contribution in [0.5, 0.6) is 0 Å². The average molecular weight is 494 g/mol. The maximum atomic E-state index is 14.6. The first-order chi connectivity index (χ1) is 17.9. The van der Waals surface area contributed by atoms with Crippen molar-refractivity contribution in [3.8, 4) is 0 Å². The number of carbonyl (C=O) groups is 3. The summed E-state index contributed by atoms with van der Waals surface area (Å²) in [7, 11) is 0. The molecule has 1 saturated heterocycles. The number of halogens is 1. The van der Waals surface area contributed by atoms with Crippen molar-refractivity contribution in [1.29, 1.82) is 0 Å². The lowest BCUT2D eigenvalue weighted by Gasteiger charge is -2.38. The van der Waals surface area contributed by atoms with E-state index in [9.17, 15) is 18.8 Å². The first-order valence-electron chi connectivity index (χ1n) is 12.9. The Hall–Kier alpha value is -3.86. The van der Waals surface area contributed by atoms with Crippen LogP contribution in [0.4, 0.5) is 4.39 Å². The zero-order valence-corrected chi connectivity index (χ0v) is 20.9. The van der Waals surface area contributed by atoms with Gasteiger partial charge < -0.3 is 0 Å². The number of hydrogen-bond donors (Lipinski definition) is 0. The van der Waals surface area contributed by atoms with Crippen LogP contribution in [0.2, 0.25) is 0 Å². The number of hydrogen-bond acceptors (Lipinski definition) is 3. The summed E-state index contributed by atoms with van der Waals surface area (Å²) in [5.41, 5.74) is 2.12. The molecule has 0 aromatic heterocycles. The highest BCUT2D eigenvalue weighted by atomic mass is 19.1. The second-order valence-corrected chi connectivity index (χ2v) is 10.3. The summed E-state index contributed by atoms with van der Waals surface area (Å²) in [5.74, 6) is -2.47. The SMILES string of the molecule is CC[C@]12C(=O)[C@](CC)(C(c3ccccc3)=C1c1ccccc1)[C@H]1C(=O)N(Cc3ccc(F)cc3)C(=O)[C@H]12. The largest absolute Gasteiger partial charge is 0.298 e. The van der Waals surface area contributed by atoms with Crippen molar-refractivity contribution in [3.05, 3.63) is 107 Å². The van der Waals surface area contributed by atoms with Crippen molar-refractivity contribution in [2.24, 2.45) is 22.7 Å². The van der Waals surface area contributed by atoms with Crippen molar-refractivity contribution >= 4 is 28.7 Å². The lowest BCUT2D eigenvalue weighted by Crippen LogP contribution is -2.41. The van der Waals surface area contributed by atoms with Crippen LogP contribution in [0, 0.1) is 28.5 Å². The molecule has 3 aromatic rings. The molecule has 0 N–H and O–H groups in total.